The molecule has 0 fully saturated rings. The smallest absolute Gasteiger partial charge is 0.243 e. The Labute approximate surface area is 380 Å². The van der Waals surface area contributed by atoms with Crippen molar-refractivity contribution in [2.24, 2.45) is 29.2 Å². The highest BCUT2D eigenvalue weighted by Gasteiger charge is 2.34. The molecule has 65 heavy (non-hydrogen) atoms. The van der Waals surface area contributed by atoms with E-state index in [0.717, 1.165) is 0 Å². The molecule has 1 aliphatic rings. The number of primary amides is 1. The van der Waals surface area contributed by atoms with Gasteiger partial charge in [-0.15, -0.1) is 0 Å². The molecule has 14 N–H and O–H groups in total. The molecule has 2 aromatic rings. The molecule has 0 aliphatic carbocycles. The SMILES string of the molecule is CC(C)CC(NC(=O)[C@H](CC(C)C)NC(=O)[C@H](C)NC(=O)[C@H](CC1=CNCN1)NC(=O)[C@H](Cc1ccccc1)NC(=O)[C@H](CC(C)C)NC(=O)CN)C(=O)N[C@@H](Cc1cnc[nH]1)C(N)=O. The van der Waals surface area contributed by atoms with Gasteiger partial charge < -0.3 is 64.3 Å². The number of H-pyrrole nitrogens is 1. The van der Waals surface area contributed by atoms with Gasteiger partial charge in [0.2, 0.25) is 47.3 Å². The molecule has 358 valence electrons. The minimum Gasteiger partial charge on any atom is -0.372 e. The molecular weight excluding hydrogens is 839 g/mol. The predicted molar refractivity (Wildman–Crippen MR) is 242 cm³/mol. The molecule has 7 atom stereocenters. The molecule has 21 heteroatoms. The highest BCUT2D eigenvalue weighted by molar-refractivity contribution is 5.97. The van der Waals surface area contributed by atoms with Crippen LogP contribution in [-0.4, -0.2) is 113 Å². The third kappa shape index (κ3) is 18.6. The van der Waals surface area contributed by atoms with Crippen molar-refractivity contribution in [2.75, 3.05) is 13.2 Å². The summed E-state index contributed by atoms with van der Waals surface area (Å²) >= 11 is 0. The van der Waals surface area contributed by atoms with Crippen LogP contribution >= 0.6 is 0 Å². The lowest BCUT2D eigenvalue weighted by Gasteiger charge is -2.28. The van der Waals surface area contributed by atoms with Gasteiger partial charge in [0.25, 0.3) is 0 Å². The first-order chi connectivity index (χ1) is 30.8. The molecule has 2 heterocycles. The average molecular weight is 908 g/mol. The molecule has 0 saturated heterocycles. The molecular formula is C44H69N13O8. The molecule has 0 spiro atoms. The van der Waals surface area contributed by atoms with Crippen molar-refractivity contribution >= 4 is 47.3 Å². The predicted octanol–water partition coefficient (Wildman–Crippen LogP) is -1.43. The minimum atomic E-state index is -1.25. The third-order valence-corrected chi connectivity index (χ3v) is 10.3. The van der Waals surface area contributed by atoms with Crippen LogP contribution in [0.15, 0.2) is 54.8 Å². The van der Waals surface area contributed by atoms with Gasteiger partial charge in [0.05, 0.1) is 19.5 Å². The van der Waals surface area contributed by atoms with Crippen LogP contribution in [0.4, 0.5) is 0 Å². The maximum absolute atomic E-state index is 14.2. The summed E-state index contributed by atoms with van der Waals surface area (Å²) in [5, 5.41) is 25.0. The number of aromatic nitrogens is 2. The van der Waals surface area contributed by atoms with E-state index in [2.05, 4.69) is 57.8 Å². The van der Waals surface area contributed by atoms with Gasteiger partial charge in [-0.3, -0.25) is 38.4 Å². The highest BCUT2D eigenvalue weighted by Crippen LogP contribution is 2.13. The van der Waals surface area contributed by atoms with Gasteiger partial charge in [-0.2, -0.15) is 0 Å². The first-order valence-electron chi connectivity index (χ1n) is 22.0. The van der Waals surface area contributed by atoms with E-state index in [4.69, 9.17) is 11.5 Å². The zero-order valence-corrected chi connectivity index (χ0v) is 38.4. The van der Waals surface area contributed by atoms with Crippen molar-refractivity contribution in [1.82, 2.24) is 57.8 Å². The summed E-state index contributed by atoms with van der Waals surface area (Å²) in [6, 6.07) is 0.979. The van der Waals surface area contributed by atoms with E-state index in [1.165, 1.54) is 19.4 Å². The normalized spacial score (nSPS) is 15.4. The van der Waals surface area contributed by atoms with Crippen LogP contribution in [0.25, 0.3) is 0 Å². The van der Waals surface area contributed by atoms with Crippen LogP contribution in [0.5, 0.6) is 0 Å². The van der Waals surface area contributed by atoms with E-state index < -0.39 is 89.6 Å². The van der Waals surface area contributed by atoms with E-state index in [-0.39, 0.29) is 62.8 Å². The number of benzene rings is 1. The Morgan fingerprint density at radius 2 is 1.08 bits per heavy atom. The zero-order valence-electron chi connectivity index (χ0n) is 38.4. The Morgan fingerprint density at radius 1 is 0.600 bits per heavy atom. The summed E-state index contributed by atoms with van der Waals surface area (Å²) in [5.41, 5.74) is 13.0. The highest BCUT2D eigenvalue weighted by atomic mass is 16.2. The Hall–Kier alpha value is -6.51. The van der Waals surface area contributed by atoms with Crippen molar-refractivity contribution in [3.8, 4) is 0 Å². The Balaban J connectivity index is 1.80. The topological polar surface area (TPSA) is 326 Å². The Morgan fingerprint density at radius 3 is 1.55 bits per heavy atom. The van der Waals surface area contributed by atoms with E-state index >= 15 is 0 Å². The molecule has 8 amide bonds. The van der Waals surface area contributed by atoms with Crippen LogP contribution in [0.1, 0.15) is 85.4 Å². The number of nitrogens with zero attached hydrogens (tertiary/aromatic N) is 1. The molecule has 1 unspecified atom stereocenters. The van der Waals surface area contributed by atoms with Gasteiger partial charge >= 0.3 is 0 Å². The molecule has 1 aromatic heterocycles. The first kappa shape index (κ1) is 52.8. The van der Waals surface area contributed by atoms with Crippen LogP contribution in [0.2, 0.25) is 0 Å². The lowest BCUT2D eigenvalue weighted by atomic mass is 9.99. The van der Waals surface area contributed by atoms with E-state index in [1.807, 2.05) is 41.5 Å². The molecule has 1 aliphatic heterocycles. The van der Waals surface area contributed by atoms with Gasteiger partial charge in [0, 0.05) is 43.1 Å². The van der Waals surface area contributed by atoms with Crippen molar-refractivity contribution in [2.45, 2.75) is 129 Å². The largest absolute Gasteiger partial charge is 0.372 e. The monoisotopic (exact) mass is 908 g/mol. The number of aromatic amines is 1. The molecule has 1 aromatic carbocycles. The minimum absolute atomic E-state index is 0.00280. The first-order valence-corrected chi connectivity index (χ1v) is 22.0. The van der Waals surface area contributed by atoms with Crippen LogP contribution in [-0.2, 0) is 51.2 Å². The fraction of sp³-hybridized carbons (Fsp3) is 0.568. The third-order valence-electron chi connectivity index (χ3n) is 10.3. The van der Waals surface area contributed by atoms with Gasteiger partial charge in [-0.05, 0) is 49.5 Å². The maximum Gasteiger partial charge on any atom is 0.243 e. The Bertz CT molecular complexity index is 1940. The summed E-state index contributed by atoms with van der Waals surface area (Å²) in [7, 11) is 0. The fourth-order valence-corrected chi connectivity index (χ4v) is 6.98. The molecule has 0 bridgehead atoms. The summed E-state index contributed by atoms with van der Waals surface area (Å²) in [6.07, 6.45) is 5.30. The standard InChI is InChI=1S/C44H69N13O8/c1-24(2)13-32(52-37(58)19-45)41(62)56-35(16-28-11-9-8-10-12-28)44(65)57-36(18-30-21-48-23-50-30)40(61)51-27(7)39(60)54-33(14-25(3)4)43(64)55-34(15-26(5)6)42(63)53-31(38(46)59)17-29-20-47-22-49-29/h8-12,20-22,24-27,31-36,48,50H,13-19,23,45H2,1-7H3,(H2,46,59)(H,47,49)(H,51,61)(H,52,58)(H,53,63)(H,54,60)(H,55,64)(H,56,62)(H,57,65)/t27-,31-,32-,33-,34?,35-,36-/m0/s1. The average Bonchev–Trinajstić information content (AvgIpc) is 3.97. The molecule has 0 radical (unpaired) electrons. The number of hydrogen-bond acceptors (Lipinski definition) is 12. The molecule has 3 rings (SSSR count). The van der Waals surface area contributed by atoms with Crippen LogP contribution in [0.3, 0.4) is 0 Å². The lowest BCUT2D eigenvalue weighted by molar-refractivity contribution is -0.135. The second-order valence-corrected chi connectivity index (χ2v) is 17.6. The maximum atomic E-state index is 14.2. The van der Waals surface area contributed by atoms with Gasteiger partial charge in [-0.1, -0.05) is 71.9 Å². The quantitative estimate of drug-likeness (QED) is 0.0491. The van der Waals surface area contributed by atoms with Gasteiger partial charge in [0.15, 0.2) is 0 Å². The van der Waals surface area contributed by atoms with Crippen molar-refractivity contribution in [3.63, 3.8) is 0 Å². The van der Waals surface area contributed by atoms with Gasteiger partial charge in [0.1, 0.15) is 42.3 Å². The van der Waals surface area contributed by atoms with Crippen molar-refractivity contribution in [1.29, 1.82) is 0 Å². The zero-order chi connectivity index (χ0) is 48.2. The summed E-state index contributed by atoms with van der Waals surface area (Å²) in [5.74, 6) is -5.52. The van der Waals surface area contributed by atoms with E-state index in [9.17, 15) is 38.4 Å². The number of carbonyl (C=O) groups is 8. The van der Waals surface area contributed by atoms with Crippen LogP contribution < -0.4 is 59.3 Å². The number of hydrogen-bond donors (Lipinski definition) is 12. The Kier molecular flexibility index (Phi) is 21.4. The number of nitrogens with one attached hydrogen (secondary N) is 10. The van der Waals surface area contributed by atoms with Crippen molar-refractivity contribution < 1.29 is 38.4 Å². The molecule has 21 nitrogen and oxygen atoms in total. The lowest BCUT2D eigenvalue weighted by Crippen LogP contribution is -2.60. The number of amides is 8. The number of imidazole rings is 1. The van der Waals surface area contributed by atoms with Gasteiger partial charge in [-0.25, -0.2) is 4.98 Å². The van der Waals surface area contributed by atoms with Crippen LogP contribution in [0, 0.1) is 17.8 Å². The van der Waals surface area contributed by atoms with E-state index in [0.29, 0.717) is 23.6 Å². The number of carbonyl (C=O) groups excluding carboxylic acids is 8. The second kappa shape index (κ2) is 26.3. The molecule has 0 saturated carbocycles. The number of rotatable bonds is 27. The second-order valence-electron chi connectivity index (χ2n) is 17.6. The fourth-order valence-electron chi connectivity index (χ4n) is 6.98. The van der Waals surface area contributed by atoms with E-state index in [1.54, 1.807) is 36.5 Å². The number of nitrogens with two attached hydrogens (primary N) is 2. The summed E-state index contributed by atoms with van der Waals surface area (Å²) in [4.78, 5) is 114. The van der Waals surface area contributed by atoms with Crippen molar-refractivity contribution in [3.05, 3.63) is 66.0 Å². The summed E-state index contributed by atoms with van der Waals surface area (Å²) < 4.78 is 0. The summed E-state index contributed by atoms with van der Waals surface area (Å²) in [6.45, 7) is 12.7.